The van der Waals surface area contributed by atoms with Gasteiger partial charge in [0.25, 0.3) is 11.8 Å². The maximum atomic E-state index is 13.0. The van der Waals surface area contributed by atoms with E-state index >= 15 is 0 Å². The van der Waals surface area contributed by atoms with Crippen LogP contribution in [-0.4, -0.2) is 70.6 Å². The number of esters is 3. The second kappa shape index (κ2) is 9.15. The highest BCUT2D eigenvalue weighted by molar-refractivity contribution is 9.09. The summed E-state index contributed by atoms with van der Waals surface area (Å²) in [7, 11) is 0. The molecule has 1 aromatic carbocycles. The highest BCUT2D eigenvalue weighted by Crippen LogP contribution is 2.36. The van der Waals surface area contributed by atoms with Crippen molar-refractivity contribution >= 4 is 45.7 Å². The van der Waals surface area contributed by atoms with Crippen molar-refractivity contribution < 1.29 is 42.9 Å². The quantitative estimate of drug-likeness (QED) is 0.255. The van der Waals surface area contributed by atoms with Crippen molar-refractivity contribution in [2.75, 3.05) is 6.61 Å². The van der Waals surface area contributed by atoms with E-state index in [-0.39, 0.29) is 17.7 Å². The first kappa shape index (κ1) is 22.9. The molecule has 2 amide bonds. The first-order chi connectivity index (χ1) is 14.6. The van der Waals surface area contributed by atoms with Gasteiger partial charge in [0, 0.05) is 20.8 Å². The Balaban J connectivity index is 2.01. The number of nitrogens with zero attached hydrogens (tertiary/aromatic N) is 1. The summed E-state index contributed by atoms with van der Waals surface area (Å²) in [6, 6.07) is 5.11. The van der Waals surface area contributed by atoms with E-state index in [9.17, 15) is 24.0 Å². The summed E-state index contributed by atoms with van der Waals surface area (Å²) in [5.74, 6) is -3.24. The molecule has 2 aliphatic heterocycles. The van der Waals surface area contributed by atoms with E-state index in [4.69, 9.17) is 18.9 Å². The Morgan fingerprint density at radius 1 is 0.935 bits per heavy atom. The van der Waals surface area contributed by atoms with Gasteiger partial charge in [0.15, 0.2) is 12.2 Å². The lowest BCUT2D eigenvalue weighted by molar-refractivity contribution is -0.216. The van der Waals surface area contributed by atoms with Crippen molar-refractivity contribution in [3.05, 3.63) is 35.4 Å². The Morgan fingerprint density at radius 2 is 1.45 bits per heavy atom. The topological polar surface area (TPSA) is 126 Å². The molecule has 1 saturated heterocycles. The normalized spacial score (nSPS) is 27.5. The number of hydrogen-bond acceptors (Lipinski definition) is 9. The van der Waals surface area contributed by atoms with Crippen LogP contribution in [0.1, 0.15) is 41.5 Å². The smallest absolute Gasteiger partial charge is 0.303 e. The largest absolute Gasteiger partial charge is 0.463 e. The number of halogens is 1. The van der Waals surface area contributed by atoms with Crippen LogP contribution in [0.15, 0.2) is 24.3 Å². The summed E-state index contributed by atoms with van der Waals surface area (Å²) < 4.78 is 21.5. The van der Waals surface area contributed by atoms with Gasteiger partial charge in [0.05, 0.1) is 11.1 Å². The van der Waals surface area contributed by atoms with Crippen molar-refractivity contribution in [2.45, 2.75) is 50.1 Å². The monoisotopic (exact) mass is 497 g/mol. The minimum absolute atomic E-state index is 0.194. The molecule has 11 heteroatoms. The summed E-state index contributed by atoms with van der Waals surface area (Å²) in [6.07, 6.45) is -3.54. The van der Waals surface area contributed by atoms with Crippen LogP contribution in [0, 0.1) is 0 Å². The number of alkyl halides is 1. The molecule has 31 heavy (non-hydrogen) atoms. The summed E-state index contributed by atoms with van der Waals surface area (Å²) in [5.41, 5.74) is 0.389. The number of fused-ring (bicyclic) bond motifs is 1. The molecule has 0 N–H and O–H groups in total. The highest BCUT2D eigenvalue weighted by atomic mass is 79.9. The zero-order valence-electron chi connectivity index (χ0n) is 16.9. The Kier molecular flexibility index (Phi) is 6.75. The lowest BCUT2D eigenvalue weighted by Crippen LogP contribution is -2.65. The van der Waals surface area contributed by atoms with Gasteiger partial charge < -0.3 is 18.9 Å². The number of amides is 2. The van der Waals surface area contributed by atoms with Gasteiger partial charge in [-0.2, -0.15) is 0 Å². The van der Waals surface area contributed by atoms with Crippen LogP contribution < -0.4 is 0 Å². The molecular formula is C20H20BrNO9. The van der Waals surface area contributed by atoms with E-state index in [0.29, 0.717) is 0 Å². The first-order valence-electron chi connectivity index (χ1n) is 9.36. The van der Waals surface area contributed by atoms with Crippen LogP contribution in [0.25, 0.3) is 0 Å². The van der Waals surface area contributed by atoms with E-state index in [2.05, 4.69) is 15.9 Å². The predicted molar refractivity (Wildman–Crippen MR) is 106 cm³/mol. The molecule has 10 nitrogen and oxygen atoms in total. The fraction of sp³-hybridized carbons (Fsp3) is 0.450. The molecule has 0 aliphatic carbocycles. The van der Waals surface area contributed by atoms with Crippen molar-refractivity contribution in [3.8, 4) is 0 Å². The summed E-state index contributed by atoms with van der Waals surface area (Å²) in [5, 5.41) is -1.01. The molecule has 0 bridgehead atoms. The maximum Gasteiger partial charge on any atom is 0.303 e. The third-order valence-electron chi connectivity index (χ3n) is 4.78. The molecule has 166 valence electrons. The van der Waals surface area contributed by atoms with E-state index in [0.717, 1.165) is 18.7 Å². The molecule has 2 heterocycles. The third-order valence-corrected chi connectivity index (χ3v) is 5.54. The second-order valence-electron chi connectivity index (χ2n) is 6.99. The van der Waals surface area contributed by atoms with Crippen LogP contribution in [-0.2, 0) is 33.3 Å². The van der Waals surface area contributed by atoms with Crippen LogP contribution in [0.4, 0.5) is 0 Å². The van der Waals surface area contributed by atoms with E-state index < -0.39 is 59.1 Å². The lowest BCUT2D eigenvalue weighted by atomic mass is 9.96. The molecule has 1 fully saturated rings. The zero-order valence-corrected chi connectivity index (χ0v) is 18.5. The van der Waals surface area contributed by atoms with E-state index in [1.807, 2.05) is 0 Å². The first-order valence-corrected chi connectivity index (χ1v) is 10.3. The third kappa shape index (κ3) is 4.62. The molecule has 5 atom stereocenters. The van der Waals surface area contributed by atoms with Gasteiger partial charge >= 0.3 is 17.9 Å². The molecule has 0 saturated carbocycles. The Morgan fingerprint density at radius 3 is 1.94 bits per heavy atom. The van der Waals surface area contributed by atoms with Crippen LogP contribution >= 0.6 is 15.9 Å². The zero-order chi connectivity index (χ0) is 22.9. The van der Waals surface area contributed by atoms with Crippen molar-refractivity contribution in [1.82, 2.24) is 4.90 Å². The summed E-state index contributed by atoms with van der Waals surface area (Å²) in [6.45, 7) is 3.18. The standard InChI is InChI=1S/C20H20BrNO9/c1-9(23)28-8-14-16(29-10(2)24)17(30-11(3)25)15(18(21)31-14)22-19(26)12-6-4-5-7-13(12)20(22)27/h4-7,14-18H,8H2,1-3H3/t14-,15-,16+,17+,18?/m1/s1. The molecular weight excluding hydrogens is 478 g/mol. The molecule has 0 spiro atoms. The Bertz CT molecular complexity index is 898. The number of imide groups is 1. The fourth-order valence-corrected chi connectivity index (χ4v) is 4.43. The average Bonchev–Trinajstić information content (AvgIpc) is 2.93. The Hall–Kier alpha value is -2.79. The van der Waals surface area contributed by atoms with Gasteiger partial charge in [0.1, 0.15) is 23.8 Å². The molecule has 3 rings (SSSR count). The SMILES string of the molecule is CC(=O)OC[C@H]1OC(Br)[C@H](N2C(=O)c3ccccc3C2=O)[C@H](OC(C)=O)[C@H]1OC(C)=O. The van der Waals surface area contributed by atoms with E-state index in [1.165, 1.54) is 19.1 Å². The fourth-order valence-electron chi connectivity index (χ4n) is 3.62. The van der Waals surface area contributed by atoms with Gasteiger partial charge in [-0.3, -0.25) is 28.9 Å². The lowest BCUT2D eigenvalue weighted by Gasteiger charge is -2.45. The minimum Gasteiger partial charge on any atom is -0.463 e. The molecule has 1 aromatic rings. The van der Waals surface area contributed by atoms with Gasteiger partial charge in [-0.05, 0) is 12.1 Å². The number of rotatable bonds is 5. The van der Waals surface area contributed by atoms with Gasteiger partial charge in [0.2, 0.25) is 0 Å². The molecule has 0 aromatic heterocycles. The van der Waals surface area contributed by atoms with Crippen molar-refractivity contribution in [1.29, 1.82) is 0 Å². The number of carbonyl (C=O) groups is 5. The predicted octanol–water partition coefficient (Wildman–Crippen LogP) is 1.20. The van der Waals surface area contributed by atoms with E-state index in [1.54, 1.807) is 12.1 Å². The minimum atomic E-state index is -1.28. The van der Waals surface area contributed by atoms with Crippen LogP contribution in [0.5, 0.6) is 0 Å². The second-order valence-corrected chi connectivity index (χ2v) is 7.90. The van der Waals surface area contributed by atoms with Crippen LogP contribution in [0.2, 0.25) is 0 Å². The number of benzene rings is 1. The van der Waals surface area contributed by atoms with Crippen LogP contribution in [0.3, 0.4) is 0 Å². The van der Waals surface area contributed by atoms with Crippen molar-refractivity contribution in [3.63, 3.8) is 0 Å². The maximum absolute atomic E-state index is 13.0. The number of hydrogen-bond donors (Lipinski definition) is 0. The molecule has 1 unspecified atom stereocenters. The highest BCUT2D eigenvalue weighted by Gasteiger charge is 2.56. The van der Waals surface area contributed by atoms with Crippen molar-refractivity contribution in [2.24, 2.45) is 0 Å². The summed E-state index contributed by atoms with van der Waals surface area (Å²) in [4.78, 5) is 61.9. The summed E-state index contributed by atoms with van der Waals surface area (Å²) >= 11 is 3.30. The van der Waals surface area contributed by atoms with Gasteiger partial charge in [-0.15, -0.1) is 0 Å². The van der Waals surface area contributed by atoms with Gasteiger partial charge in [-0.1, -0.05) is 28.1 Å². The number of carbonyl (C=O) groups excluding carboxylic acids is 5. The molecule has 2 aliphatic rings. The Labute approximate surface area is 185 Å². The van der Waals surface area contributed by atoms with Gasteiger partial charge in [-0.25, -0.2) is 0 Å². The average molecular weight is 498 g/mol. The number of ether oxygens (including phenoxy) is 4. The molecule has 0 radical (unpaired) electrons.